The van der Waals surface area contributed by atoms with Gasteiger partial charge in [-0.3, -0.25) is 0 Å². The molecule has 1 saturated carbocycles. The van der Waals surface area contributed by atoms with E-state index in [0.29, 0.717) is 22.8 Å². The van der Waals surface area contributed by atoms with E-state index in [1.807, 2.05) is 12.1 Å². The van der Waals surface area contributed by atoms with Crippen LogP contribution in [0.25, 0.3) is 0 Å². The van der Waals surface area contributed by atoms with Crippen LogP contribution >= 0.6 is 0 Å². The van der Waals surface area contributed by atoms with Gasteiger partial charge in [-0.1, -0.05) is 45.0 Å². The molecule has 1 aliphatic rings. The normalized spacial score (nSPS) is 26.2. The highest BCUT2D eigenvalue weighted by Gasteiger charge is 2.43. The van der Waals surface area contributed by atoms with Crippen molar-refractivity contribution < 1.29 is 10.2 Å². The van der Waals surface area contributed by atoms with Crippen molar-refractivity contribution in [3.05, 3.63) is 59.7 Å². The number of phenols is 2. The van der Waals surface area contributed by atoms with Crippen molar-refractivity contribution in [1.29, 1.82) is 0 Å². The molecule has 128 valence electrons. The molecule has 0 aromatic heterocycles. The molecule has 2 unspecified atom stereocenters. The van der Waals surface area contributed by atoms with Crippen molar-refractivity contribution in [3.63, 3.8) is 0 Å². The maximum absolute atomic E-state index is 9.69. The fourth-order valence-corrected chi connectivity index (χ4v) is 5.02. The highest BCUT2D eigenvalue weighted by atomic mass is 16.3. The fraction of sp³-hybridized carbons (Fsp3) is 0.455. The lowest BCUT2D eigenvalue weighted by atomic mass is 9.56. The van der Waals surface area contributed by atoms with Gasteiger partial charge in [-0.15, -0.1) is 0 Å². The summed E-state index contributed by atoms with van der Waals surface area (Å²) in [7, 11) is 0. The lowest BCUT2D eigenvalue weighted by Crippen LogP contribution is -2.41. The molecule has 0 radical (unpaired) electrons. The van der Waals surface area contributed by atoms with E-state index in [9.17, 15) is 10.2 Å². The van der Waals surface area contributed by atoms with Crippen LogP contribution in [-0.4, -0.2) is 10.2 Å². The predicted octanol–water partition coefficient (Wildman–Crippen LogP) is 5.42. The molecule has 2 aromatic rings. The molecule has 2 nitrogen and oxygen atoms in total. The summed E-state index contributed by atoms with van der Waals surface area (Å²) < 4.78 is 0. The van der Waals surface area contributed by atoms with E-state index in [1.54, 1.807) is 24.3 Å². The molecule has 0 aliphatic heterocycles. The van der Waals surface area contributed by atoms with Gasteiger partial charge in [0.25, 0.3) is 0 Å². The number of aromatic hydroxyl groups is 2. The summed E-state index contributed by atoms with van der Waals surface area (Å²) in [4.78, 5) is 0. The first kappa shape index (κ1) is 16.9. The number of hydrogen-bond donors (Lipinski definition) is 2. The van der Waals surface area contributed by atoms with E-state index in [2.05, 4.69) is 32.9 Å². The molecule has 2 aromatic carbocycles. The average Bonchev–Trinajstić information content (AvgIpc) is 2.48. The Labute approximate surface area is 145 Å². The summed E-state index contributed by atoms with van der Waals surface area (Å²) in [6.07, 6.45) is 4.51. The number of benzene rings is 2. The quantitative estimate of drug-likeness (QED) is 0.791. The van der Waals surface area contributed by atoms with Gasteiger partial charge in [0, 0.05) is 5.41 Å². The van der Waals surface area contributed by atoms with E-state index < -0.39 is 0 Å². The Morgan fingerprint density at radius 1 is 0.875 bits per heavy atom. The van der Waals surface area contributed by atoms with Gasteiger partial charge in [0.1, 0.15) is 11.5 Å². The Morgan fingerprint density at radius 2 is 1.42 bits per heavy atom. The number of hydrogen-bond acceptors (Lipinski definition) is 2. The van der Waals surface area contributed by atoms with Crippen LogP contribution < -0.4 is 0 Å². The van der Waals surface area contributed by atoms with Crippen molar-refractivity contribution >= 4 is 0 Å². The molecule has 24 heavy (non-hydrogen) atoms. The zero-order valence-corrected chi connectivity index (χ0v) is 14.9. The molecule has 0 amide bonds. The lowest BCUT2D eigenvalue weighted by Gasteiger charge is -2.48. The lowest BCUT2D eigenvalue weighted by molar-refractivity contribution is 0.103. The zero-order valence-electron chi connectivity index (χ0n) is 14.9. The van der Waals surface area contributed by atoms with Crippen LogP contribution in [-0.2, 0) is 11.8 Å². The second-order valence-electron chi connectivity index (χ2n) is 8.52. The maximum atomic E-state index is 9.69. The van der Waals surface area contributed by atoms with Crippen molar-refractivity contribution in [2.75, 3.05) is 0 Å². The van der Waals surface area contributed by atoms with Crippen molar-refractivity contribution in [2.24, 2.45) is 11.3 Å². The van der Waals surface area contributed by atoms with Crippen molar-refractivity contribution in [3.8, 4) is 11.5 Å². The van der Waals surface area contributed by atoms with E-state index in [-0.39, 0.29) is 5.41 Å². The van der Waals surface area contributed by atoms with Gasteiger partial charge in [-0.05, 0) is 72.4 Å². The third-order valence-corrected chi connectivity index (χ3v) is 5.42. The van der Waals surface area contributed by atoms with Crippen LogP contribution in [0.3, 0.4) is 0 Å². The molecule has 2 atom stereocenters. The summed E-state index contributed by atoms with van der Waals surface area (Å²) >= 11 is 0. The first-order valence-electron chi connectivity index (χ1n) is 8.86. The average molecular weight is 324 g/mol. The highest BCUT2D eigenvalue weighted by molar-refractivity contribution is 5.36. The Hall–Kier alpha value is -1.96. The third-order valence-electron chi connectivity index (χ3n) is 5.42. The summed E-state index contributed by atoms with van der Waals surface area (Å²) in [6.45, 7) is 7.09. The highest BCUT2D eigenvalue weighted by Crippen LogP contribution is 2.51. The number of rotatable bonds is 3. The molecule has 2 heteroatoms. The first-order valence-corrected chi connectivity index (χ1v) is 8.86. The Kier molecular flexibility index (Phi) is 4.33. The zero-order chi connectivity index (χ0) is 17.4. The molecular formula is C22H28O2. The predicted molar refractivity (Wildman–Crippen MR) is 98.4 cm³/mol. The van der Waals surface area contributed by atoms with Crippen LogP contribution in [0.4, 0.5) is 0 Å². The summed E-state index contributed by atoms with van der Waals surface area (Å²) in [5, 5.41) is 19.3. The van der Waals surface area contributed by atoms with Crippen LogP contribution in [0.5, 0.6) is 11.5 Å². The van der Waals surface area contributed by atoms with Gasteiger partial charge in [-0.25, -0.2) is 0 Å². The summed E-state index contributed by atoms with van der Waals surface area (Å²) in [6, 6.07) is 15.4. The van der Waals surface area contributed by atoms with Crippen LogP contribution in [0.1, 0.15) is 51.2 Å². The van der Waals surface area contributed by atoms with Crippen molar-refractivity contribution in [2.45, 2.75) is 51.9 Å². The van der Waals surface area contributed by atoms with Gasteiger partial charge in [0.15, 0.2) is 0 Å². The van der Waals surface area contributed by atoms with Gasteiger partial charge < -0.3 is 10.2 Å². The minimum absolute atomic E-state index is 0.0752. The molecular weight excluding hydrogens is 296 g/mol. The topological polar surface area (TPSA) is 40.5 Å². The summed E-state index contributed by atoms with van der Waals surface area (Å²) in [5.74, 6) is 1.30. The minimum atomic E-state index is 0.0752. The smallest absolute Gasteiger partial charge is 0.115 e. The molecule has 1 fully saturated rings. The van der Waals surface area contributed by atoms with Gasteiger partial charge in [0.2, 0.25) is 0 Å². The minimum Gasteiger partial charge on any atom is -0.508 e. The second-order valence-corrected chi connectivity index (χ2v) is 8.52. The monoisotopic (exact) mass is 324 g/mol. The maximum Gasteiger partial charge on any atom is 0.115 e. The van der Waals surface area contributed by atoms with Gasteiger partial charge >= 0.3 is 0 Å². The van der Waals surface area contributed by atoms with E-state index in [4.69, 9.17) is 0 Å². The Bertz CT molecular complexity index is 685. The van der Waals surface area contributed by atoms with Gasteiger partial charge in [0.05, 0.1) is 0 Å². The van der Waals surface area contributed by atoms with E-state index in [1.165, 1.54) is 17.5 Å². The van der Waals surface area contributed by atoms with Crippen molar-refractivity contribution in [1.82, 2.24) is 0 Å². The SMILES string of the molecule is CC1CC(C)(C)CC(Cc2ccc(O)cc2)(c2ccc(O)cc2)C1. The molecule has 0 heterocycles. The fourth-order valence-electron chi connectivity index (χ4n) is 5.02. The molecule has 0 saturated heterocycles. The second kappa shape index (κ2) is 6.16. The molecule has 1 aliphatic carbocycles. The Morgan fingerprint density at radius 3 is 1.96 bits per heavy atom. The molecule has 3 rings (SSSR count). The molecule has 0 spiro atoms. The van der Waals surface area contributed by atoms with Crippen LogP contribution in [0.2, 0.25) is 0 Å². The third kappa shape index (κ3) is 3.58. The molecule has 2 N–H and O–H groups in total. The van der Waals surface area contributed by atoms with Crippen LogP contribution in [0.15, 0.2) is 48.5 Å². The van der Waals surface area contributed by atoms with Crippen LogP contribution in [0, 0.1) is 11.3 Å². The Balaban J connectivity index is 2.02. The standard InChI is InChI=1S/C22H28O2/c1-16-12-21(2,3)15-22(13-16,18-6-10-20(24)11-7-18)14-17-4-8-19(23)9-5-17/h4-11,16,23-24H,12-15H2,1-3H3. The first-order chi connectivity index (χ1) is 11.3. The van der Waals surface area contributed by atoms with E-state index >= 15 is 0 Å². The largest absolute Gasteiger partial charge is 0.508 e. The number of phenolic OH excluding ortho intramolecular Hbond substituents is 2. The molecule has 0 bridgehead atoms. The summed E-state index contributed by atoms with van der Waals surface area (Å²) in [5.41, 5.74) is 2.94. The van der Waals surface area contributed by atoms with E-state index in [0.717, 1.165) is 19.3 Å². The van der Waals surface area contributed by atoms with Gasteiger partial charge in [-0.2, -0.15) is 0 Å².